The molecule has 7 aromatic rings. The van der Waals surface area contributed by atoms with Gasteiger partial charge < -0.3 is 13.9 Å². The van der Waals surface area contributed by atoms with Gasteiger partial charge in [0.05, 0.1) is 11.1 Å². The molecule has 0 amide bonds. The molecule has 1 heterocycles. The Morgan fingerprint density at radius 2 is 0.742 bits per heavy atom. The van der Waals surface area contributed by atoms with Gasteiger partial charge in [-0.2, -0.15) is 0 Å². The fraction of sp³-hybridized carbons (Fsp3) is 0.149. The number of ether oxygens (including phenoxy) is 2. The topological polar surface area (TPSA) is 91.5 Å². The molecule has 0 aliphatic rings. The van der Waals surface area contributed by atoms with E-state index in [0.717, 1.165) is 22.3 Å². The van der Waals surface area contributed by atoms with Crippen molar-refractivity contribution in [3.63, 3.8) is 0 Å². The Morgan fingerprint density at radius 1 is 0.452 bits per heavy atom. The number of hydrogen-bond donors (Lipinski definition) is 0. The Balaban J connectivity index is 0.000000176. The Kier molecular flexibility index (Phi) is 14.4. The van der Waals surface area contributed by atoms with Crippen molar-refractivity contribution in [2.45, 2.75) is 47.0 Å². The summed E-state index contributed by atoms with van der Waals surface area (Å²) >= 11 is 0. The van der Waals surface area contributed by atoms with Gasteiger partial charge in [-0.15, -0.1) is 10.2 Å². The second-order valence-electron chi connectivity index (χ2n) is 14.3. The summed E-state index contributed by atoms with van der Waals surface area (Å²) in [4.78, 5) is 20.6. The summed E-state index contributed by atoms with van der Waals surface area (Å²) in [6.07, 6.45) is 0. The number of benzene rings is 6. The normalized spacial score (nSPS) is 10.9. The molecule has 62 heavy (non-hydrogen) atoms. The van der Waals surface area contributed by atoms with E-state index in [9.17, 15) is 44.7 Å². The van der Waals surface area contributed by atoms with Crippen molar-refractivity contribution in [1.82, 2.24) is 10.2 Å². The molecule has 320 valence electrons. The number of nitrogens with zero attached hydrogens (tertiary/aromatic N) is 2. The van der Waals surface area contributed by atoms with E-state index in [1.807, 2.05) is 72.8 Å². The first-order valence-corrected chi connectivity index (χ1v) is 18.5. The second-order valence-corrected chi connectivity index (χ2v) is 14.3. The zero-order valence-electron chi connectivity index (χ0n) is 33.9. The maximum absolute atomic E-state index is 13.8. The third-order valence-corrected chi connectivity index (χ3v) is 9.76. The molecule has 0 bridgehead atoms. The maximum Gasteiger partial charge on any atom is 0.298 e. The second kappa shape index (κ2) is 19.5. The van der Waals surface area contributed by atoms with Gasteiger partial charge in [0.25, 0.3) is 12.9 Å². The first kappa shape index (κ1) is 45.9. The minimum absolute atomic E-state index is 0.223. The lowest BCUT2D eigenvalue weighted by atomic mass is 9.78. The summed E-state index contributed by atoms with van der Waals surface area (Å²) in [7, 11) is 0. The molecule has 7 rings (SSSR count). The molecule has 1 aromatic heterocycles. The molecule has 7 nitrogen and oxygen atoms in total. The molecule has 0 spiro atoms. The smallest absolute Gasteiger partial charge is 0.298 e. The van der Waals surface area contributed by atoms with Gasteiger partial charge >= 0.3 is 0 Å². The van der Waals surface area contributed by atoms with E-state index in [1.165, 1.54) is 11.1 Å². The fourth-order valence-electron chi connectivity index (χ4n) is 5.95. The number of hydrogen-bond acceptors (Lipinski definition) is 7. The van der Waals surface area contributed by atoms with Crippen LogP contribution in [-0.4, -0.2) is 23.1 Å². The predicted octanol–water partition coefficient (Wildman–Crippen LogP) is 12.2. The monoisotopic (exact) mass is 860 g/mol. The molecule has 15 heteroatoms. The molecule has 0 saturated carbocycles. The van der Waals surface area contributed by atoms with Gasteiger partial charge in [-0.1, -0.05) is 73.5 Å². The molecular formula is C47H36F8N2O5. The van der Waals surface area contributed by atoms with Gasteiger partial charge in [0, 0.05) is 27.7 Å². The molecule has 0 unspecified atom stereocenters. The Bertz CT molecular complexity index is 2460. The van der Waals surface area contributed by atoms with Crippen LogP contribution in [0.1, 0.15) is 47.2 Å². The average Bonchev–Trinajstić information content (AvgIpc) is 3.77. The standard InChI is InChI=1S/C17H16O4.C16H14N2O.C14H6F8/c1-17(2,13-3-7-15(8-4-13)20-11-18)14-5-9-16(10-6-14)21-12-19;1-11-3-7-13(8-4-11)15-17-18-16(19-15)14-9-5-12(2)6-10-14;1-3-7(15)11(19)5(12(20)8(3)16)6-13(21)9(17)4(2)10(18)14(6)22/h3-12H,1-2H3;3-10H,1-2H3;1-2H3. The first-order chi connectivity index (χ1) is 29.4. The Hall–Kier alpha value is -7.16. The molecule has 0 N–H and O–H groups in total. The van der Waals surface area contributed by atoms with E-state index < -0.39 is 68.8 Å². The van der Waals surface area contributed by atoms with Gasteiger partial charge in [0.2, 0.25) is 11.8 Å². The molecule has 0 radical (unpaired) electrons. The lowest BCUT2D eigenvalue weighted by molar-refractivity contribution is -0.121. The highest BCUT2D eigenvalue weighted by Crippen LogP contribution is 2.38. The number of aryl methyl sites for hydroxylation is 2. The van der Waals surface area contributed by atoms with Gasteiger partial charge in [-0.25, -0.2) is 35.1 Å². The highest BCUT2D eigenvalue weighted by Gasteiger charge is 2.32. The lowest BCUT2D eigenvalue weighted by Crippen LogP contribution is -2.18. The number of carbonyl (C=O) groups excluding carboxylic acids is 2. The van der Waals surface area contributed by atoms with Crippen LogP contribution in [0.15, 0.2) is 101 Å². The number of aromatic nitrogens is 2. The van der Waals surface area contributed by atoms with Crippen LogP contribution >= 0.6 is 0 Å². The SMILES string of the molecule is CC(C)(c1ccc(OC=O)cc1)c1ccc(OC=O)cc1.Cc1c(F)c(F)c(-c2c(F)c(F)c(C)c(F)c2F)c(F)c1F.Cc1ccc(-c2nnc(-c3ccc(C)cc3)o2)cc1. The van der Waals surface area contributed by atoms with E-state index in [4.69, 9.17) is 13.9 Å². The number of carbonyl (C=O) groups is 2. The van der Waals surface area contributed by atoms with Crippen molar-refractivity contribution < 1.29 is 58.6 Å². The van der Waals surface area contributed by atoms with Crippen LogP contribution in [0.5, 0.6) is 11.5 Å². The van der Waals surface area contributed by atoms with Gasteiger partial charge in [0.15, 0.2) is 46.5 Å². The summed E-state index contributed by atoms with van der Waals surface area (Å²) in [5, 5.41) is 8.20. The molecular weight excluding hydrogens is 825 g/mol. The molecule has 0 aliphatic heterocycles. The zero-order valence-corrected chi connectivity index (χ0v) is 33.9. The molecule has 0 atom stereocenters. The maximum atomic E-state index is 13.8. The summed E-state index contributed by atoms with van der Waals surface area (Å²) in [5.74, 6) is -14.2. The third-order valence-electron chi connectivity index (χ3n) is 9.76. The van der Waals surface area contributed by atoms with Crippen molar-refractivity contribution in [2.24, 2.45) is 0 Å². The van der Waals surface area contributed by atoms with Crippen LogP contribution in [-0.2, 0) is 15.0 Å². The molecule has 6 aromatic carbocycles. The van der Waals surface area contributed by atoms with Crippen molar-refractivity contribution in [3.8, 4) is 45.5 Å². The largest absolute Gasteiger partial charge is 0.429 e. The van der Waals surface area contributed by atoms with E-state index in [-0.39, 0.29) is 5.41 Å². The minimum atomic E-state index is -2.16. The van der Waals surface area contributed by atoms with Crippen LogP contribution in [0, 0.1) is 74.2 Å². The average molecular weight is 861 g/mol. The van der Waals surface area contributed by atoms with Crippen LogP contribution in [0.2, 0.25) is 0 Å². The predicted molar refractivity (Wildman–Crippen MR) is 214 cm³/mol. The lowest BCUT2D eigenvalue weighted by Gasteiger charge is -2.26. The summed E-state index contributed by atoms with van der Waals surface area (Å²) in [6.45, 7) is 10.5. The quantitative estimate of drug-likeness (QED) is 0.0811. The van der Waals surface area contributed by atoms with Crippen molar-refractivity contribution in [1.29, 1.82) is 0 Å². The summed E-state index contributed by atoms with van der Waals surface area (Å²) < 4.78 is 124. The Morgan fingerprint density at radius 3 is 1.02 bits per heavy atom. The van der Waals surface area contributed by atoms with E-state index in [0.29, 0.717) is 50.1 Å². The van der Waals surface area contributed by atoms with Gasteiger partial charge in [-0.05, 0) is 87.4 Å². The minimum Gasteiger partial charge on any atom is -0.429 e. The molecule has 0 saturated heterocycles. The van der Waals surface area contributed by atoms with Gasteiger partial charge in [0.1, 0.15) is 11.5 Å². The van der Waals surface area contributed by atoms with Crippen LogP contribution in [0.3, 0.4) is 0 Å². The van der Waals surface area contributed by atoms with Gasteiger partial charge in [-0.3, -0.25) is 9.59 Å². The summed E-state index contributed by atoms with van der Waals surface area (Å²) in [5.41, 5.74) is 0.396. The van der Waals surface area contributed by atoms with E-state index >= 15 is 0 Å². The zero-order chi connectivity index (χ0) is 45.5. The first-order valence-electron chi connectivity index (χ1n) is 18.5. The van der Waals surface area contributed by atoms with Crippen molar-refractivity contribution >= 4 is 12.9 Å². The van der Waals surface area contributed by atoms with E-state index in [1.54, 1.807) is 24.3 Å². The van der Waals surface area contributed by atoms with Crippen LogP contribution in [0.25, 0.3) is 34.0 Å². The van der Waals surface area contributed by atoms with Crippen molar-refractivity contribution in [2.75, 3.05) is 0 Å². The van der Waals surface area contributed by atoms with Crippen molar-refractivity contribution in [3.05, 3.63) is 177 Å². The van der Waals surface area contributed by atoms with Crippen LogP contribution in [0.4, 0.5) is 35.1 Å². The van der Waals surface area contributed by atoms with E-state index in [2.05, 4.69) is 37.9 Å². The Labute approximate surface area is 350 Å². The third kappa shape index (κ3) is 9.89. The number of rotatable bonds is 9. The number of halogens is 8. The van der Waals surface area contributed by atoms with Crippen LogP contribution < -0.4 is 9.47 Å². The molecule has 0 aliphatic carbocycles. The summed E-state index contributed by atoms with van der Waals surface area (Å²) in [6, 6.07) is 30.8. The highest BCUT2D eigenvalue weighted by atomic mass is 19.2. The molecule has 0 fully saturated rings. The highest BCUT2D eigenvalue weighted by molar-refractivity contribution is 5.68. The fourth-order valence-corrected chi connectivity index (χ4v) is 5.95.